The van der Waals surface area contributed by atoms with Gasteiger partial charge in [0.25, 0.3) is 0 Å². The number of allylic oxidation sites excluding steroid dienone is 1. The Kier molecular flexibility index (Phi) is 3.64. The molecule has 26 heavy (non-hydrogen) atoms. The number of hydrogen-bond acceptors (Lipinski definition) is 6. The van der Waals surface area contributed by atoms with Gasteiger partial charge < -0.3 is 21.5 Å². The predicted molar refractivity (Wildman–Crippen MR) is 102 cm³/mol. The van der Waals surface area contributed by atoms with Gasteiger partial charge in [0.2, 0.25) is 0 Å². The van der Waals surface area contributed by atoms with Crippen LogP contribution < -0.4 is 16.4 Å². The van der Waals surface area contributed by atoms with Gasteiger partial charge in [-0.2, -0.15) is 0 Å². The molecule has 0 fully saturated rings. The molecule has 0 saturated heterocycles. The van der Waals surface area contributed by atoms with E-state index in [0.29, 0.717) is 29.9 Å². The lowest BCUT2D eigenvalue weighted by Crippen LogP contribution is -2.31. The Bertz CT molecular complexity index is 933. The molecule has 0 spiro atoms. The van der Waals surface area contributed by atoms with Crippen LogP contribution in [-0.4, -0.2) is 15.9 Å². The molecule has 1 aromatic carbocycles. The molecule has 1 aliphatic heterocycles. The summed E-state index contributed by atoms with van der Waals surface area (Å²) < 4.78 is 0. The number of phenolic OH excluding ortho intramolecular Hbond substituents is 1. The number of Topliss-reactive ketones (excluding diaryl/α,β-unsaturated/α-hetero) is 1. The number of aromatic hydroxyl groups is 1. The molecule has 1 aromatic heterocycles. The first-order valence-corrected chi connectivity index (χ1v) is 8.68. The second kappa shape index (κ2) is 5.76. The van der Waals surface area contributed by atoms with Gasteiger partial charge in [-0.05, 0) is 30.0 Å². The highest BCUT2D eigenvalue weighted by molar-refractivity contribution is 6.01. The van der Waals surface area contributed by atoms with E-state index in [4.69, 9.17) is 5.73 Å². The summed E-state index contributed by atoms with van der Waals surface area (Å²) in [6.07, 6.45) is 2.81. The lowest BCUT2D eigenvalue weighted by atomic mass is 9.73. The number of nitrogens with one attached hydrogen (secondary N) is 2. The fourth-order valence-corrected chi connectivity index (χ4v) is 3.86. The van der Waals surface area contributed by atoms with E-state index in [9.17, 15) is 9.90 Å². The van der Waals surface area contributed by atoms with Crippen LogP contribution in [-0.2, 0) is 4.79 Å². The van der Waals surface area contributed by atoms with Crippen LogP contribution in [0.2, 0.25) is 0 Å². The Hall–Kier alpha value is -3.02. The number of nitrogen functional groups attached to an aromatic ring is 1. The normalized spacial score (nSPS) is 21.2. The van der Waals surface area contributed by atoms with Crippen LogP contribution in [0.5, 0.6) is 5.75 Å². The Morgan fingerprint density at radius 3 is 2.81 bits per heavy atom. The zero-order valence-electron chi connectivity index (χ0n) is 14.8. The standard InChI is InChI=1S/C20H22N4O2/c1-20(2)9-13-16(15(26)10-20)17(11-5-4-8-22-19(11)21)23-12-6-3-7-14(25)18(12)24-13/h3-8,17,23-25H,9-10H2,1-2H3,(H2,21,22). The van der Waals surface area contributed by atoms with Gasteiger partial charge in [0.15, 0.2) is 5.78 Å². The molecule has 0 saturated carbocycles. The van der Waals surface area contributed by atoms with E-state index in [1.165, 1.54) is 0 Å². The second-order valence-electron chi connectivity index (χ2n) is 7.71. The molecule has 4 rings (SSSR count). The van der Waals surface area contributed by atoms with Crippen molar-refractivity contribution >= 4 is 23.0 Å². The Balaban J connectivity index is 1.94. The van der Waals surface area contributed by atoms with Gasteiger partial charge in [0, 0.05) is 29.5 Å². The number of anilines is 3. The van der Waals surface area contributed by atoms with Crippen molar-refractivity contribution in [2.45, 2.75) is 32.7 Å². The predicted octanol–water partition coefficient (Wildman–Crippen LogP) is 3.59. The lowest BCUT2D eigenvalue weighted by Gasteiger charge is -2.34. The molecule has 1 aliphatic carbocycles. The molecule has 0 amide bonds. The van der Waals surface area contributed by atoms with Gasteiger partial charge in [-0.3, -0.25) is 4.79 Å². The number of benzene rings is 1. The van der Waals surface area contributed by atoms with Crippen LogP contribution in [0.1, 0.15) is 38.3 Å². The van der Waals surface area contributed by atoms with Crippen molar-refractivity contribution in [1.82, 2.24) is 4.98 Å². The van der Waals surface area contributed by atoms with E-state index < -0.39 is 6.04 Å². The van der Waals surface area contributed by atoms with Crippen molar-refractivity contribution in [3.63, 3.8) is 0 Å². The zero-order chi connectivity index (χ0) is 18.5. The smallest absolute Gasteiger partial charge is 0.163 e. The maximum atomic E-state index is 13.1. The molecule has 5 N–H and O–H groups in total. The highest BCUT2D eigenvalue weighted by atomic mass is 16.3. The van der Waals surface area contributed by atoms with Crippen LogP contribution in [0, 0.1) is 5.41 Å². The van der Waals surface area contributed by atoms with Gasteiger partial charge in [0.05, 0.1) is 11.7 Å². The number of hydrogen-bond donors (Lipinski definition) is 4. The van der Waals surface area contributed by atoms with Crippen LogP contribution in [0.15, 0.2) is 47.8 Å². The van der Waals surface area contributed by atoms with Crippen LogP contribution in [0.3, 0.4) is 0 Å². The van der Waals surface area contributed by atoms with Crippen molar-refractivity contribution in [3.05, 3.63) is 53.4 Å². The average molecular weight is 350 g/mol. The molecule has 1 atom stereocenters. The zero-order valence-corrected chi connectivity index (χ0v) is 14.8. The van der Waals surface area contributed by atoms with E-state index >= 15 is 0 Å². The largest absolute Gasteiger partial charge is 0.506 e. The third-order valence-corrected chi connectivity index (χ3v) is 5.01. The molecule has 6 heteroatoms. The van der Waals surface area contributed by atoms with Crippen LogP contribution in [0.4, 0.5) is 17.2 Å². The monoisotopic (exact) mass is 350 g/mol. The second-order valence-corrected chi connectivity index (χ2v) is 7.71. The van der Waals surface area contributed by atoms with Crippen molar-refractivity contribution in [2.75, 3.05) is 16.4 Å². The minimum atomic E-state index is -0.419. The number of rotatable bonds is 1. The number of fused-ring (bicyclic) bond motifs is 1. The molecular formula is C20H22N4O2. The minimum Gasteiger partial charge on any atom is -0.506 e. The quantitative estimate of drug-likeness (QED) is 0.587. The van der Waals surface area contributed by atoms with E-state index in [2.05, 4.69) is 29.5 Å². The molecular weight excluding hydrogens is 328 g/mol. The highest BCUT2D eigenvalue weighted by Gasteiger charge is 2.39. The molecule has 6 nitrogen and oxygen atoms in total. The van der Waals surface area contributed by atoms with Gasteiger partial charge in [-0.1, -0.05) is 26.0 Å². The fraction of sp³-hybridized carbons (Fsp3) is 0.300. The summed E-state index contributed by atoms with van der Waals surface area (Å²) in [6.45, 7) is 4.15. The van der Waals surface area contributed by atoms with Gasteiger partial charge in [-0.15, -0.1) is 0 Å². The summed E-state index contributed by atoms with van der Waals surface area (Å²) in [5.74, 6) is 0.604. The molecule has 2 aromatic rings. The average Bonchev–Trinajstić information content (AvgIpc) is 2.72. The first kappa shape index (κ1) is 16.4. The number of carbonyl (C=O) groups excluding carboxylic acids is 1. The molecule has 0 radical (unpaired) electrons. The minimum absolute atomic E-state index is 0.0804. The topological polar surface area (TPSA) is 100 Å². The summed E-state index contributed by atoms with van der Waals surface area (Å²) in [5.41, 5.74) is 9.52. The molecule has 2 aliphatic rings. The summed E-state index contributed by atoms with van der Waals surface area (Å²) in [6, 6.07) is 8.54. The third kappa shape index (κ3) is 2.67. The van der Waals surface area contributed by atoms with E-state index in [1.54, 1.807) is 18.3 Å². The first-order valence-electron chi connectivity index (χ1n) is 8.68. The SMILES string of the molecule is CC1(C)CC(=O)C2=C(C1)Nc1c(O)cccc1NC2c1cccnc1N. The lowest BCUT2D eigenvalue weighted by molar-refractivity contribution is -0.118. The van der Waals surface area contributed by atoms with Crippen molar-refractivity contribution in [3.8, 4) is 5.75 Å². The van der Waals surface area contributed by atoms with Gasteiger partial charge in [-0.25, -0.2) is 4.98 Å². The van der Waals surface area contributed by atoms with Crippen molar-refractivity contribution in [2.24, 2.45) is 5.41 Å². The summed E-state index contributed by atoms with van der Waals surface area (Å²) in [7, 11) is 0. The first-order chi connectivity index (χ1) is 12.4. The molecule has 0 bridgehead atoms. The van der Waals surface area contributed by atoms with E-state index in [0.717, 1.165) is 16.9 Å². The summed E-state index contributed by atoms with van der Waals surface area (Å²) >= 11 is 0. The van der Waals surface area contributed by atoms with Crippen molar-refractivity contribution < 1.29 is 9.90 Å². The molecule has 1 unspecified atom stereocenters. The Morgan fingerprint density at radius 2 is 2.04 bits per heavy atom. The Labute approximate surface area is 152 Å². The Morgan fingerprint density at radius 1 is 1.23 bits per heavy atom. The number of nitrogens with zero attached hydrogens (tertiary/aromatic N) is 1. The van der Waals surface area contributed by atoms with E-state index in [-0.39, 0.29) is 16.9 Å². The van der Waals surface area contributed by atoms with Gasteiger partial charge >= 0.3 is 0 Å². The molecule has 134 valence electrons. The maximum absolute atomic E-state index is 13.1. The van der Waals surface area contributed by atoms with Crippen LogP contribution in [0.25, 0.3) is 0 Å². The number of nitrogens with two attached hydrogens (primary N) is 1. The number of phenols is 1. The van der Waals surface area contributed by atoms with Crippen LogP contribution >= 0.6 is 0 Å². The highest BCUT2D eigenvalue weighted by Crippen LogP contribution is 2.47. The number of aromatic nitrogens is 1. The van der Waals surface area contributed by atoms with Gasteiger partial charge in [0.1, 0.15) is 17.3 Å². The number of ketones is 1. The number of para-hydroxylation sites is 1. The molecule has 2 heterocycles. The summed E-state index contributed by atoms with van der Waals surface area (Å²) in [5, 5.41) is 17.0. The van der Waals surface area contributed by atoms with Crippen molar-refractivity contribution in [1.29, 1.82) is 0 Å². The number of pyridine rings is 1. The van der Waals surface area contributed by atoms with E-state index in [1.807, 2.05) is 18.2 Å². The number of carbonyl (C=O) groups is 1. The summed E-state index contributed by atoms with van der Waals surface area (Å²) in [4.78, 5) is 17.3. The third-order valence-electron chi connectivity index (χ3n) is 5.01. The fourth-order valence-electron chi connectivity index (χ4n) is 3.86. The maximum Gasteiger partial charge on any atom is 0.163 e.